The summed E-state index contributed by atoms with van der Waals surface area (Å²) in [5.74, 6) is 1.41. The minimum atomic E-state index is -0.480. The van der Waals surface area contributed by atoms with Crippen molar-refractivity contribution in [1.82, 2.24) is 4.90 Å². The van der Waals surface area contributed by atoms with Crippen molar-refractivity contribution in [3.8, 4) is 0 Å². The summed E-state index contributed by atoms with van der Waals surface area (Å²) in [6.07, 6.45) is 6.57. The van der Waals surface area contributed by atoms with Crippen molar-refractivity contribution >= 4 is 17.5 Å². The Kier molecular flexibility index (Phi) is 4.24. The number of hydrogen-bond donors (Lipinski definition) is 1. The average molecular weight is 419 g/mol. The minimum Gasteiger partial charge on any atom is -0.324 e. The monoisotopic (exact) mass is 418 g/mol. The lowest BCUT2D eigenvalue weighted by Crippen LogP contribution is -2.55. The third kappa shape index (κ3) is 3.08. The molecule has 31 heavy (non-hydrogen) atoms. The Balaban J connectivity index is 1.47. The third-order valence-corrected chi connectivity index (χ3v) is 8.08. The number of fused-ring (bicyclic) bond motifs is 1. The summed E-state index contributed by atoms with van der Waals surface area (Å²) in [4.78, 5) is 28.9. The molecule has 0 saturated heterocycles. The van der Waals surface area contributed by atoms with Crippen molar-refractivity contribution in [2.45, 2.75) is 44.6 Å². The first-order valence-corrected chi connectivity index (χ1v) is 11.5. The van der Waals surface area contributed by atoms with Crippen molar-refractivity contribution in [3.63, 3.8) is 0 Å². The lowest BCUT2D eigenvalue weighted by molar-refractivity contribution is -0.160. The van der Waals surface area contributed by atoms with E-state index in [-0.39, 0.29) is 29.6 Å². The van der Waals surface area contributed by atoms with Gasteiger partial charge in [-0.15, -0.1) is 0 Å². The fourth-order valence-corrected chi connectivity index (χ4v) is 7.34. The van der Waals surface area contributed by atoms with E-state index in [1.807, 2.05) is 30.3 Å². The highest BCUT2D eigenvalue weighted by Gasteiger charge is 2.56. The summed E-state index contributed by atoms with van der Waals surface area (Å²) in [5, 5.41) is 2.91. The number of nitrogens with one attached hydrogen (secondary N) is 1. The normalized spacial score (nSPS) is 33.6. The Labute approximate surface area is 181 Å². The number of anilines is 1. The SMILES string of the molecule is O=C1CN(C(=O)C23CC4CC(CC(C4)C2)C3)C(c2ccccc2)c2cc(F)ccc2N1. The van der Waals surface area contributed by atoms with E-state index in [0.29, 0.717) is 29.0 Å². The van der Waals surface area contributed by atoms with Gasteiger partial charge in [0.2, 0.25) is 11.8 Å². The van der Waals surface area contributed by atoms with Gasteiger partial charge in [-0.1, -0.05) is 30.3 Å². The Morgan fingerprint density at radius 3 is 2.26 bits per heavy atom. The predicted molar refractivity (Wildman–Crippen MR) is 116 cm³/mol. The van der Waals surface area contributed by atoms with Crippen molar-refractivity contribution < 1.29 is 14.0 Å². The summed E-state index contributed by atoms with van der Waals surface area (Å²) >= 11 is 0. The van der Waals surface area contributed by atoms with Crippen molar-refractivity contribution in [2.24, 2.45) is 23.2 Å². The first-order valence-electron chi connectivity index (χ1n) is 11.5. The molecule has 0 radical (unpaired) electrons. The predicted octanol–water partition coefficient (Wildman–Crippen LogP) is 4.91. The molecular weight excluding hydrogens is 391 g/mol. The van der Waals surface area contributed by atoms with Gasteiger partial charge in [0.1, 0.15) is 12.4 Å². The van der Waals surface area contributed by atoms with Crippen LogP contribution in [0.4, 0.5) is 10.1 Å². The summed E-state index contributed by atoms with van der Waals surface area (Å²) in [7, 11) is 0. The van der Waals surface area contributed by atoms with Crippen LogP contribution in [0.15, 0.2) is 48.5 Å². The molecule has 0 aromatic heterocycles. The van der Waals surface area contributed by atoms with Crippen molar-refractivity contribution in [3.05, 3.63) is 65.5 Å². The number of halogens is 1. The third-order valence-electron chi connectivity index (χ3n) is 8.08. The zero-order valence-corrected chi connectivity index (χ0v) is 17.5. The maximum absolute atomic E-state index is 14.3. The number of hydrogen-bond acceptors (Lipinski definition) is 2. The van der Waals surface area contributed by atoms with Crippen LogP contribution < -0.4 is 5.32 Å². The molecule has 5 aliphatic rings. The second-order valence-electron chi connectivity index (χ2n) is 10.2. The van der Waals surface area contributed by atoms with Gasteiger partial charge in [-0.25, -0.2) is 4.39 Å². The molecule has 0 spiro atoms. The topological polar surface area (TPSA) is 49.4 Å². The van der Waals surface area contributed by atoms with Crippen LogP contribution in [0.2, 0.25) is 0 Å². The Morgan fingerprint density at radius 1 is 0.968 bits per heavy atom. The second kappa shape index (κ2) is 6.91. The van der Waals surface area contributed by atoms with E-state index in [1.54, 1.807) is 11.0 Å². The summed E-state index contributed by atoms with van der Waals surface area (Å²) in [6, 6.07) is 13.7. The highest BCUT2D eigenvalue weighted by atomic mass is 19.1. The van der Waals surface area contributed by atoms with E-state index < -0.39 is 6.04 Å². The molecule has 2 aromatic carbocycles. The number of amides is 2. The van der Waals surface area contributed by atoms with Gasteiger partial charge in [-0.3, -0.25) is 9.59 Å². The molecule has 4 nitrogen and oxygen atoms in total. The van der Waals surface area contributed by atoms with Gasteiger partial charge in [0.25, 0.3) is 0 Å². The minimum absolute atomic E-state index is 0.00353. The molecule has 1 unspecified atom stereocenters. The molecule has 1 heterocycles. The Hall–Kier alpha value is -2.69. The van der Waals surface area contributed by atoms with Crippen LogP contribution in [0.3, 0.4) is 0 Å². The van der Waals surface area contributed by atoms with Crippen LogP contribution in [-0.2, 0) is 9.59 Å². The summed E-state index contributed by atoms with van der Waals surface area (Å²) in [6.45, 7) is -0.00353. The lowest BCUT2D eigenvalue weighted by atomic mass is 9.49. The summed E-state index contributed by atoms with van der Waals surface area (Å²) in [5.41, 5.74) is 1.78. The van der Waals surface area contributed by atoms with E-state index in [4.69, 9.17) is 0 Å². The van der Waals surface area contributed by atoms with Crippen LogP contribution >= 0.6 is 0 Å². The van der Waals surface area contributed by atoms with Crippen LogP contribution in [-0.4, -0.2) is 23.3 Å². The van der Waals surface area contributed by atoms with Gasteiger partial charge >= 0.3 is 0 Å². The average Bonchev–Trinajstić information content (AvgIpc) is 2.88. The van der Waals surface area contributed by atoms with Gasteiger partial charge in [-0.05, 0) is 80.0 Å². The van der Waals surface area contributed by atoms with Gasteiger partial charge in [0, 0.05) is 11.3 Å². The first-order chi connectivity index (χ1) is 15.0. The van der Waals surface area contributed by atoms with Crippen LogP contribution in [0, 0.1) is 29.0 Å². The maximum Gasteiger partial charge on any atom is 0.244 e. The van der Waals surface area contributed by atoms with E-state index in [0.717, 1.165) is 24.8 Å². The first kappa shape index (κ1) is 19.0. The zero-order valence-electron chi connectivity index (χ0n) is 17.5. The van der Waals surface area contributed by atoms with Gasteiger partial charge in [-0.2, -0.15) is 0 Å². The molecule has 1 aliphatic heterocycles. The van der Waals surface area contributed by atoms with Crippen molar-refractivity contribution in [1.29, 1.82) is 0 Å². The fourth-order valence-electron chi connectivity index (χ4n) is 7.34. The number of nitrogens with zero attached hydrogens (tertiary/aromatic N) is 1. The molecule has 4 saturated carbocycles. The molecule has 4 bridgehead atoms. The van der Waals surface area contributed by atoms with Gasteiger partial charge in [0.15, 0.2) is 0 Å². The van der Waals surface area contributed by atoms with E-state index in [9.17, 15) is 14.0 Å². The molecule has 4 fully saturated rings. The number of rotatable bonds is 2. The molecule has 4 aliphatic carbocycles. The van der Waals surface area contributed by atoms with Gasteiger partial charge in [0.05, 0.1) is 11.5 Å². The Morgan fingerprint density at radius 2 is 1.61 bits per heavy atom. The molecule has 160 valence electrons. The van der Waals surface area contributed by atoms with Crippen LogP contribution in [0.1, 0.15) is 55.7 Å². The second-order valence-corrected chi connectivity index (χ2v) is 10.2. The maximum atomic E-state index is 14.3. The molecular formula is C26H27FN2O2. The fraction of sp³-hybridized carbons (Fsp3) is 0.462. The quantitative estimate of drug-likeness (QED) is 0.753. The lowest BCUT2D eigenvalue weighted by Gasteiger charge is -2.57. The molecule has 2 amide bonds. The van der Waals surface area contributed by atoms with E-state index in [2.05, 4.69) is 5.32 Å². The van der Waals surface area contributed by atoms with E-state index in [1.165, 1.54) is 31.4 Å². The molecule has 1 atom stereocenters. The highest BCUT2D eigenvalue weighted by molar-refractivity contribution is 5.98. The van der Waals surface area contributed by atoms with Crippen molar-refractivity contribution in [2.75, 3.05) is 11.9 Å². The van der Waals surface area contributed by atoms with Crippen LogP contribution in [0.5, 0.6) is 0 Å². The summed E-state index contributed by atoms with van der Waals surface area (Å²) < 4.78 is 14.3. The number of benzene rings is 2. The smallest absolute Gasteiger partial charge is 0.244 e. The number of carbonyl (C=O) groups excluding carboxylic acids is 2. The zero-order chi connectivity index (χ0) is 21.2. The molecule has 1 N–H and O–H groups in total. The molecule has 2 aromatic rings. The molecule has 7 rings (SSSR count). The van der Waals surface area contributed by atoms with E-state index >= 15 is 0 Å². The van der Waals surface area contributed by atoms with Gasteiger partial charge < -0.3 is 10.2 Å². The highest BCUT2D eigenvalue weighted by Crippen LogP contribution is 2.61. The number of carbonyl (C=O) groups is 2. The Bertz CT molecular complexity index is 1020. The van der Waals surface area contributed by atoms with Crippen LogP contribution in [0.25, 0.3) is 0 Å². The standard InChI is InChI=1S/C26H27FN2O2/c27-20-6-7-22-21(11-20)24(19-4-2-1-3-5-19)29(15-23(30)28-22)25(31)26-12-16-8-17(13-26)10-18(9-16)14-26/h1-7,11,16-18,24H,8-10,12-15H2,(H,28,30). The molecule has 5 heteroatoms. The largest absolute Gasteiger partial charge is 0.324 e.